The Hall–Kier alpha value is -2.38. The number of H-pyrrole nitrogens is 1. The number of aromatic nitrogens is 1. The van der Waals surface area contributed by atoms with Gasteiger partial charge >= 0.3 is 0 Å². The van der Waals surface area contributed by atoms with Gasteiger partial charge in [0.15, 0.2) is 0 Å². The van der Waals surface area contributed by atoms with Crippen LogP contribution in [0, 0.1) is 16.0 Å². The Morgan fingerprint density at radius 3 is 2.95 bits per heavy atom. The topological polar surface area (TPSA) is 108 Å². The molecule has 0 spiro atoms. The quantitative estimate of drug-likeness (QED) is 0.616. The lowest BCUT2D eigenvalue weighted by Gasteiger charge is -2.41. The molecule has 2 unspecified atom stereocenters. The third-order valence-electron chi connectivity index (χ3n) is 4.22. The van der Waals surface area contributed by atoms with Crippen molar-refractivity contribution >= 4 is 17.5 Å². The number of fused-ring (bicyclic) bond motifs is 1. The van der Waals surface area contributed by atoms with E-state index in [1.807, 2.05) is 0 Å². The van der Waals surface area contributed by atoms with Gasteiger partial charge in [0.25, 0.3) is 11.6 Å². The van der Waals surface area contributed by atoms with Crippen molar-refractivity contribution in [2.45, 2.75) is 25.3 Å². The lowest BCUT2D eigenvalue weighted by Crippen LogP contribution is -2.55. The van der Waals surface area contributed by atoms with Gasteiger partial charge in [-0.1, -0.05) is 0 Å². The van der Waals surface area contributed by atoms with Gasteiger partial charge in [-0.25, -0.2) is 0 Å². The van der Waals surface area contributed by atoms with Crippen LogP contribution in [-0.4, -0.2) is 45.8 Å². The molecule has 2 aliphatic rings. The molecule has 8 nitrogen and oxygen atoms in total. The fourth-order valence-corrected chi connectivity index (χ4v) is 3.08. The Morgan fingerprint density at radius 1 is 1.43 bits per heavy atom. The predicted molar refractivity (Wildman–Crippen MR) is 72.6 cm³/mol. The molecule has 2 aliphatic heterocycles. The molecule has 3 rings (SSSR count). The number of amides is 2. The van der Waals surface area contributed by atoms with E-state index in [-0.39, 0.29) is 35.2 Å². The third kappa shape index (κ3) is 2.61. The summed E-state index contributed by atoms with van der Waals surface area (Å²) in [6, 6.07) is 1.41. The summed E-state index contributed by atoms with van der Waals surface area (Å²) in [5.41, 5.74) is 0.123. The summed E-state index contributed by atoms with van der Waals surface area (Å²) in [5.74, 6) is 0.125. The van der Waals surface area contributed by atoms with Crippen LogP contribution in [0.15, 0.2) is 12.3 Å². The molecule has 0 bridgehead atoms. The largest absolute Gasteiger partial charge is 0.353 e. The lowest BCUT2D eigenvalue weighted by atomic mass is 9.85. The summed E-state index contributed by atoms with van der Waals surface area (Å²) in [4.78, 5) is 38.2. The zero-order valence-electron chi connectivity index (χ0n) is 11.4. The van der Waals surface area contributed by atoms with E-state index in [1.165, 1.54) is 12.3 Å². The van der Waals surface area contributed by atoms with Crippen molar-refractivity contribution < 1.29 is 14.5 Å². The van der Waals surface area contributed by atoms with Gasteiger partial charge < -0.3 is 15.2 Å². The first-order chi connectivity index (χ1) is 10.0. The highest BCUT2D eigenvalue weighted by molar-refractivity contribution is 5.93. The van der Waals surface area contributed by atoms with E-state index in [1.54, 1.807) is 4.90 Å². The number of nitro groups is 1. The Balaban J connectivity index is 1.68. The number of likely N-dealkylation sites (tertiary alicyclic amines) is 1. The normalized spacial score (nSPS) is 25.1. The SMILES string of the molecule is O=C1CCC2CN(C(=O)c3cc([N+](=O)[O-])c[nH]3)CCC2N1. The first kappa shape index (κ1) is 13.6. The average molecular weight is 292 g/mol. The molecule has 0 saturated carbocycles. The number of carbonyl (C=O) groups excluding carboxylic acids is 2. The Kier molecular flexibility index (Phi) is 3.36. The highest BCUT2D eigenvalue weighted by atomic mass is 16.6. The van der Waals surface area contributed by atoms with E-state index < -0.39 is 4.92 Å². The summed E-state index contributed by atoms with van der Waals surface area (Å²) < 4.78 is 0. The van der Waals surface area contributed by atoms with Crippen molar-refractivity contribution in [1.82, 2.24) is 15.2 Å². The number of hydrogen-bond acceptors (Lipinski definition) is 4. The van der Waals surface area contributed by atoms with Crippen LogP contribution in [0.25, 0.3) is 0 Å². The second kappa shape index (κ2) is 5.19. The monoisotopic (exact) mass is 292 g/mol. The van der Waals surface area contributed by atoms with Gasteiger partial charge in [0.2, 0.25) is 5.91 Å². The van der Waals surface area contributed by atoms with Crippen LogP contribution in [0.5, 0.6) is 0 Å². The molecule has 21 heavy (non-hydrogen) atoms. The minimum Gasteiger partial charge on any atom is -0.353 e. The van der Waals surface area contributed by atoms with Gasteiger partial charge in [0.05, 0.1) is 11.1 Å². The first-order valence-electron chi connectivity index (χ1n) is 6.96. The van der Waals surface area contributed by atoms with Crippen LogP contribution in [0.2, 0.25) is 0 Å². The Morgan fingerprint density at radius 2 is 2.24 bits per heavy atom. The molecule has 2 N–H and O–H groups in total. The molecule has 2 amide bonds. The lowest BCUT2D eigenvalue weighted by molar-refractivity contribution is -0.384. The van der Waals surface area contributed by atoms with E-state index in [4.69, 9.17) is 0 Å². The first-order valence-corrected chi connectivity index (χ1v) is 6.96. The predicted octanol–water partition coefficient (Wildman–Crippen LogP) is 0.664. The number of nitrogens with one attached hydrogen (secondary N) is 2. The molecule has 3 heterocycles. The molecule has 112 valence electrons. The second-order valence-corrected chi connectivity index (χ2v) is 5.54. The summed E-state index contributed by atoms with van der Waals surface area (Å²) in [5, 5.41) is 13.6. The summed E-state index contributed by atoms with van der Waals surface area (Å²) in [6.07, 6.45) is 3.23. The van der Waals surface area contributed by atoms with E-state index in [0.717, 1.165) is 12.8 Å². The van der Waals surface area contributed by atoms with Crippen LogP contribution in [0.3, 0.4) is 0 Å². The van der Waals surface area contributed by atoms with Crippen LogP contribution in [0.1, 0.15) is 29.8 Å². The molecular formula is C13H16N4O4. The zero-order valence-corrected chi connectivity index (χ0v) is 11.4. The molecule has 2 saturated heterocycles. The minimum absolute atomic E-state index is 0.0796. The number of hydrogen-bond donors (Lipinski definition) is 2. The van der Waals surface area contributed by atoms with Gasteiger partial charge in [0.1, 0.15) is 5.69 Å². The van der Waals surface area contributed by atoms with Crippen molar-refractivity contribution in [1.29, 1.82) is 0 Å². The fraction of sp³-hybridized carbons (Fsp3) is 0.538. The van der Waals surface area contributed by atoms with Crippen molar-refractivity contribution in [2.24, 2.45) is 5.92 Å². The molecule has 2 fully saturated rings. The average Bonchev–Trinajstić information content (AvgIpc) is 2.96. The number of carbonyl (C=O) groups is 2. The van der Waals surface area contributed by atoms with Crippen LogP contribution in [0.4, 0.5) is 5.69 Å². The molecule has 0 aliphatic carbocycles. The smallest absolute Gasteiger partial charge is 0.287 e. The van der Waals surface area contributed by atoms with Crippen LogP contribution in [-0.2, 0) is 4.79 Å². The molecule has 1 aromatic heterocycles. The van der Waals surface area contributed by atoms with E-state index >= 15 is 0 Å². The molecule has 1 aromatic rings. The molecule has 2 atom stereocenters. The number of nitrogens with zero attached hydrogens (tertiary/aromatic N) is 2. The number of rotatable bonds is 2. The summed E-state index contributed by atoms with van der Waals surface area (Å²) in [6.45, 7) is 1.13. The van der Waals surface area contributed by atoms with Gasteiger partial charge in [-0.3, -0.25) is 19.7 Å². The summed E-state index contributed by atoms with van der Waals surface area (Å²) in [7, 11) is 0. The van der Waals surface area contributed by atoms with Crippen molar-refractivity contribution in [2.75, 3.05) is 13.1 Å². The van der Waals surface area contributed by atoms with Crippen molar-refractivity contribution in [3.05, 3.63) is 28.1 Å². The highest BCUT2D eigenvalue weighted by Crippen LogP contribution is 2.26. The van der Waals surface area contributed by atoms with Crippen LogP contribution >= 0.6 is 0 Å². The van der Waals surface area contributed by atoms with Crippen LogP contribution < -0.4 is 5.32 Å². The summed E-state index contributed by atoms with van der Waals surface area (Å²) >= 11 is 0. The van der Waals surface area contributed by atoms with Crippen molar-refractivity contribution in [3.8, 4) is 0 Å². The van der Waals surface area contributed by atoms with Gasteiger partial charge in [0, 0.05) is 31.6 Å². The number of piperidine rings is 2. The van der Waals surface area contributed by atoms with Gasteiger partial charge in [-0.05, 0) is 18.8 Å². The standard InChI is InChI=1S/C13H16N4O4/c18-12-2-1-8-7-16(4-3-10(8)15-12)13(19)11-5-9(6-14-11)17(20)21/h5-6,8,10,14H,1-4,7H2,(H,15,18). The maximum atomic E-state index is 12.4. The fourth-order valence-electron chi connectivity index (χ4n) is 3.08. The molecule has 0 aromatic carbocycles. The Labute approximate surface area is 120 Å². The van der Waals surface area contributed by atoms with E-state index in [0.29, 0.717) is 19.5 Å². The van der Waals surface area contributed by atoms with Gasteiger partial charge in [-0.2, -0.15) is 0 Å². The maximum Gasteiger partial charge on any atom is 0.287 e. The highest BCUT2D eigenvalue weighted by Gasteiger charge is 2.35. The zero-order chi connectivity index (χ0) is 15.0. The third-order valence-corrected chi connectivity index (χ3v) is 4.22. The minimum atomic E-state index is -0.532. The van der Waals surface area contributed by atoms with E-state index in [9.17, 15) is 19.7 Å². The van der Waals surface area contributed by atoms with Crippen molar-refractivity contribution in [3.63, 3.8) is 0 Å². The van der Waals surface area contributed by atoms with E-state index in [2.05, 4.69) is 10.3 Å². The molecule has 0 radical (unpaired) electrons. The van der Waals surface area contributed by atoms with Gasteiger partial charge in [-0.15, -0.1) is 0 Å². The number of aromatic amines is 1. The maximum absolute atomic E-state index is 12.4. The second-order valence-electron chi connectivity index (χ2n) is 5.54. The molecule has 8 heteroatoms. The molecular weight excluding hydrogens is 276 g/mol. The Bertz CT molecular complexity index is 597.